The summed E-state index contributed by atoms with van der Waals surface area (Å²) < 4.78 is 13.3. The highest BCUT2D eigenvalue weighted by atomic mass is 35.5. The number of anilines is 1. The van der Waals surface area contributed by atoms with E-state index in [1.165, 1.54) is 5.56 Å². The van der Waals surface area contributed by atoms with Crippen molar-refractivity contribution in [3.63, 3.8) is 0 Å². The first-order valence-corrected chi connectivity index (χ1v) is 19.2. The van der Waals surface area contributed by atoms with Crippen LogP contribution in [0.15, 0.2) is 97.1 Å². The highest BCUT2D eigenvalue weighted by Gasteiger charge is 2.35. The molecule has 296 valence electrons. The molecule has 1 aromatic heterocycles. The van der Waals surface area contributed by atoms with Crippen molar-refractivity contribution < 1.29 is 29.0 Å². The second-order valence-corrected chi connectivity index (χ2v) is 15.0. The molecule has 12 heteroatoms. The van der Waals surface area contributed by atoms with Gasteiger partial charge >= 0.3 is 6.09 Å². The highest BCUT2D eigenvalue weighted by Crippen LogP contribution is 2.36. The van der Waals surface area contributed by atoms with E-state index in [4.69, 9.17) is 9.47 Å². The topological polar surface area (TPSA) is 108 Å². The Hall–Kier alpha value is -5.62. The molecule has 57 heavy (non-hydrogen) atoms. The van der Waals surface area contributed by atoms with E-state index in [0.717, 1.165) is 59.7 Å². The molecule has 1 N–H and O–H groups in total. The van der Waals surface area contributed by atoms with Gasteiger partial charge in [0.25, 0.3) is 11.8 Å². The molecule has 5 aromatic rings. The van der Waals surface area contributed by atoms with Crippen LogP contribution in [0.25, 0.3) is 11.3 Å². The van der Waals surface area contributed by atoms with Crippen LogP contribution in [-0.2, 0) is 37.7 Å². The third-order valence-corrected chi connectivity index (χ3v) is 11.6. The minimum Gasteiger partial charge on any atom is -0.508 e. The van der Waals surface area contributed by atoms with E-state index < -0.39 is 6.09 Å². The summed E-state index contributed by atoms with van der Waals surface area (Å²) in [4.78, 5) is 50.4. The zero-order chi connectivity index (χ0) is 38.9. The Morgan fingerprint density at radius 2 is 1.53 bits per heavy atom. The number of fused-ring (bicyclic) bond motifs is 2. The van der Waals surface area contributed by atoms with E-state index in [9.17, 15) is 14.7 Å². The van der Waals surface area contributed by atoms with Crippen LogP contribution in [0.3, 0.4) is 0 Å². The summed E-state index contributed by atoms with van der Waals surface area (Å²) in [5.41, 5.74) is 8.28. The molecule has 3 aliphatic rings. The van der Waals surface area contributed by atoms with Crippen LogP contribution in [0.5, 0.6) is 11.5 Å². The van der Waals surface area contributed by atoms with Crippen LogP contribution in [0.4, 0.5) is 10.5 Å². The maximum absolute atomic E-state index is 15.3. The van der Waals surface area contributed by atoms with Gasteiger partial charge in [-0.15, -0.1) is 12.4 Å². The lowest BCUT2D eigenvalue weighted by Crippen LogP contribution is -2.52. The number of amides is 3. The third kappa shape index (κ3) is 8.14. The SMILES string of the molecule is Cc1c(C(=O)N(C)c2ccc(O)cc2)cc(-c2cc3c(cc2C(=O)N2Cc4ccccc4C[C@H]2CN2CCOCC2)CN(C(=O)Oc2ccccc2)CC3)n1C.Cl. The first-order chi connectivity index (χ1) is 27.1. The summed E-state index contributed by atoms with van der Waals surface area (Å²) in [7, 11) is 3.64. The van der Waals surface area contributed by atoms with Gasteiger partial charge < -0.3 is 33.8 Å². The number of phenolic OH excluding ortho intramolecular Hbond substituents is 1. The number of benzene rings is 4. The van der Waals surface area contributed by atoms with Crippen molar-refractivity contribution in [1.29, 1.82) is 0 Å². The van der Waals surface area contributed by atoms with Crippen molar-refractivity contribution in [3.05, 3.63) is 136 Å². The molecule has 0 bridgehead atoms. The number of ether oxygens (including phenoxy) is 2. The van der Waals surface area contributed by atoms with Gasteiger partial charge in [-0.1, -0.05) is 42.5 Å². The van der Waals surface area contributed by atoms with E-state index >= 15 is 4.79 Å². The first-order valence-electron chi connectivity index (χ1n) is 19.2. The molecule has 3 aliphatic heterocycles. The van der Waals surface area contributed by atoms with Crippen LogP contribution in [0, 0.1) is 6.92 Å². The standard InChI is InChI=1S/C45H47N5O6.ClH/c1-30-39(43(52)47(3)35-13-15-37(51)16-14-35)26-42(46(30)2)40-24-32-17-18-49(45(54)56-38-11-5-4-6-12-38)27-34(32)25-41(40)44(53)50-28-33-10-8-7-9-31(33)23-36(50)29-48-19-21-55-22-20-48;/h4-16,24-26,36,51H,17-23,27-29H2,1-3H3;1H/t36-;/m0./s1. The Morgan fingerprint density at radius 1 is 0.825 bits per heavy atom. The van der Waals surface area contributed by atoms with Crippen molar-refractivity contribution in [2.75, 3.05) is 51.3 Å². The highest BCUT2D eigenvalue weighted by molar-refractivity contribution is 6.08. The van der Waals surface area contributed by atoms with Gasteiger partial charge in [0.1, 0.15) is 11.5 Å². The van der Waals surface area contributed by atoms with Gasteiger partial charge in [0.2, 0.25) is 0 Å². The van der Waals surface area contributed by atoms with E-state index in [1.807, 2.05) is 59.8 Å². The fourth-order valence-corrected chi connectivity index (χ4v) is 8.18. The number of carbonyl (C=O) groups excluding carboxylic acids is 3. The van der Waals surface area contributed by atoms with Gasteiger partial charge in [-0.3, -0.25) is 14.5 Å². The number of hydrogen-bond acceptors (Lipinski definition) is 7. The molecule has 0 saturated carbocycles. The monoisotopic (exact) mass is 789 g/mol. The Kier molecular flexibility index (Phi) is 11.7. The molecule has 4 heterocycles. The fourth-order valence-electron chi connectivity index (χ4n) is 8.18. The van der Waals surface area contributed by atoms with Crippen molar-refractivity contribution >= 4 is 36.0 Å². The number of halogens is 1. The van der Waals surface area contributed by atoms with Crippen molar-refractivity contribution in [3.8, 4) is 22.8 Å². The Balaban J connectivity index is 0.00000496. The molecular formula is C45H48ClN5O6. The number of morpholine rings is 1. The van der Waals surface area contributed by atoms with E-state index in [1.54, 1.807) is 53.2 Å². The number of aromatic nitrogens is 1. The third-order valence-electron chi connectivity index (χ3n) is 11.6. The van der Waals surface area contributed by atoms with E-state index in [0.29, 0.717) is 61.8 Å². The smallest absolute Gasteiger partial charge is 0.415 e. The average molecular weight is 790 g/mol. The first kappa shape index (κ1) is 39.6. The summed E-state index contributed by atoms with van der Waals surface area (Å²) in [5, 5.41) is 9.83. The average Bonchev–Trinajstić information content (AvgIpc) is 3.52. The fraction of sp³-hybridized carbons (Fsp3) is 0.311. The molecule has 0 spiro atoms. The Bertz CT molecular complexity index is 2270. The van der Waals surface area contributed by atoms with Gasteiger partial charge in [-0.2, -0.15) is 0 Å². The van der Waals surface area contributed by atoms with Gasteiger partial charge in [0, 0.05) is 87.6 Å². The van der Waals surface area contributed by atoms with Crippen molar-refractivity contribution in [2.45, 2.75) is 38.9 Å². The predicted molar refractivity (Wildman–Crippen MR) is 221 cm³/mol. The van der Waals surface area contributed by atoms with Crippen LogP contribution in [0.2, 0.25) is 0 Å². The molecular weight excluding hydrogens is 742 g/mol. The normalized spacial score (nSPS) is 16.6. The summed E-state index contributed by atoms with van der Waals surface area (Å²) in [6, 6.07) is 29.8. The van der Waals surface area contributed by atoms with Crippen LogP contribution in [-0.4, -0.2) is 94.8 Å². The molecule has 1 saturated heterocycles. The Labute approximate surface area is 339 Å². The molecule has 4 aromatic carbocycles. The summed E-state index contributed by atoms with van der Waals surface area (Å²) >= 11 is 0. The number of carbonyl (C=O) groups is 3. The lowest BCUT2D eigenvalue weighted by atomic mass is 9.89. The van der Waals surface area contributed by atoms with E-state index in [-0.39, 0.29) is 36.0 Å². The predicted octanol–water partition coefficient (Wildman–Crippen LogP) is 6.86. The summed E-state index contributed by atoms with van der Waals surface area (Å²) in [5.74, 6) is 0.309. The molecule has 8 rings (SSSR count). The lowest BCUT2D eigenvalue weighted by Gasteiger charge is -2.41. The van der Waals surface area contributed by atoms with Crippen LogP contribution >= 0.6 is 12.4 Å². The summed E-state index contributed by atoms with van der Waals surface area (Å²) in [6.45, 7) is 6.86. The number of aromatic hydroxyl groups is 1. The quantitative estimate of drug-likeness (QED) is 0.192. The number of nitrogens with zero attached hydrogens (tertiary/aromatic N) is 5. The van der Waals surface area contributed by atoms with Crippen molar-refractivity contribution in [2.24, 2.45) is 7.05 Å². The second-order valence-electron chi connectivity index (χ2n) is 15.0. The molecule has 11 nitrogen and oxygen atoms in total. The molecule has 0 unspecified atom stereocenters. The van der Waals surface area contributed by atoms with Crippen LogP contribution in [0.1, 0.15) is 48.7 Å². The minimum atomic E-state index is -0.434. The number of phenols is 1. The number of para-hydroxylation sites is 1. The zero-order valence-corrected chi connectivity index (χ0v) is 33.3. The molecule has 0 radical (unpaired) electrons. The minimum absolute atomic E-state index is 0. The maximum atomic E-state index is 15.3. The Morgan fingerprint density at radius 3 is 2.26 bits per heavy atom. The van der Waals surface area contributed by atoms with Gasteiger partial charge in [0.15, 0.2) is 0 Å². The zero-order valence-electron chi connectivity index (χ0n) is 32.5. The molecule has 1 atom stereocenters. The van der Waals surface area contributed by atoms with Crippen molar-refractivity contribution in [1.82, 2.24) is 19.3 Å². The largest absolute Gasteiger partial charge is 0.508 e. The van der Waals surface area contributed by atoms with Gasteiger partial charge in [-0.25, -0.2) is 4.79 Å². The summed E-state index contributed by atoms with van der Waals surface area (Å²) in [6.07, 6.45) is 0.886. The van der Waals surface area contributed by atoms with Gasteiger partial charge in [0.05, 0.1) is 18.8 Å². The molecule has 1 fully saturated rings. The second kappa shape index (κ2) is 16.9. The number of hydrogen-bond donors (Lipinski definition) is 1. The molecule has 3 amide bonds. The van der Waals surface area contributed by atoms with E-state index in [2.05, 4.69) is 29.2 Å². The molecule has 0 aliphatic carbocycles. The van der Waals surface area contributed by atoms with Crippen LogP contribution < -0.4 is 9.64 Å². The van der Waals surface area contributed by atoms with Gasteiger partial charge in [-0.05, 0) is 96.6 Å². The number of rotatable bonds is 7. The maximum Gasteiger partial charge on any atom is 0.415 e. The lowest BCUT2D eigenvalue weighted by molar-refractivity contribution is 0.0193.